The molecule has 0 aromatic rings. The maximum atomic E-state index is 11.3. The molecule has 6 heteroatoms. The van der Waals surface area contributed by atoms with Gasteiger partial charge in [-0.15, -0.1) is 12.4 Å². The highest BCUT2D eigenvalue weighted by Crippen LogP contribution is 2.02. The van der Waals surface area contributed by atoms with E-state index in [2.05, 4.69) is 5.32 Å². The molecule has 2 unspecified atom stereocenters. The average molecular weight is 238 g/mol. The van der Waals surface area contributed by atoms with Gasteiger partial charge in [0, 0.05) is 0 Å². The molecule has 0 aliphatic carbocycles. The summed E-state index contributed by atoms with van der Waals surface area (Å²) in [6, 6.07) is -1.24. The van der Waals surface area contributed by atoms with Crippen molar-refractivity contribution in [1.82, 2.24) is 5.32 Å². The van der Waals surface area contributed by atoms with Crippen LogP contribution in [0.3, 0.4) is 0 Å². The summed E-state index contributed by atoms with van der Waals surface area (Å²) in [6.07, 6.45) is 0.595. The Labute approximate surface area is 96.4 Å². The van der Waals surface area contributed by atoms with Crippen LogP contribution in [0, 0.1) is 5.92 Å². The monoisotopic (exact) mass is 237 g/mol. The first kappa shape index (κ1) is 16.6. The van der Waals surface area contributed by atoms with Crippen LogP contribution >= 0.6 is 12.4 Å². The summed E-state index contributed by atoms with van der Waals surface area (Å²) < 4.78 is 0. The van der Waals surface area contributed by atoms with Crippen molar-refractivity contribution in [3.05, 3.63) is 0 Å². The van der Waals surface area contributed by atoms with E-state index in [1.165, 1.54) is 6.92 Å². The summed E-state index contributed by atoms with van der Waals surface area (Å²) in [5.41, 5.74) is 10.6. The van der Waals surface area contributed by atoms with Gasteiger partial charge in [-0.25, -0.2) is 0 Å². The molecular formula is C9H20ClN3O2. The summed E-state index contributed by atoms with van der Waals surface area (Å²) >= 11 is 0. The second-order valence-electron chi connectivity index (χ2n) is 3.87. The van der Waals surface area contributed by atoms with Crippen LogP contribution < -0.4 is 16.8 Å². The smallest absolute Gasteiger partial charge is 0.239 e. The number of hydrogen-bond acceptors (Lipinski definition) is 3. The summed E-state index contributed by atoms with van der Waals surface area (Å²) in [4.78, 5) is 22.0. The molecule has 15 heavy (non-hydrogen) atoms. The Morgan fingerprint density at radius 3 is 2.07 bits per heavy atom. The Morgan fingerprint density at radius 2 is 1.73 bits per heavy atom. The first-order chi connectivity index (χ1) is 6.34. The standard InChI is InChI=1S/C9H19N3O2.ClH/c1-5(2)4-7(10)9(14)12-6(3)8(11)13;/h5-7H,4,10H2,1-3H3,(H2,11,13)(H,12,14);1H. The van der Waals surface area contributed by atoms with E-state index < -0.39 is 18.0 Å². The fourth-order valence-corrected chi connectivity index (χ4v) is 1.01. The van der Waals surface area contributed by atoms with Gasteiger partial charge >= 0.3 is 0 Å². The van der Waals surface area contributed by atoms with Gasteiger partial charge in [0.25, 0.3) is 0 Å². The molecule has 0 spiro atoms. The lowest BCUT2D eigenvalue weighted by molar-refractivity contribution is -0.127. The minimum Gasteiger partial charge on any atom is -0.368 e. The van der Waals surface area contributed by atoms with Crippen molar-refractivity contribution in [2.24, 2.45) is 17.4 Å². The molecule has 90 valence electrons. The topological polar surface area (TPSA) is 98.2 Å². The minimum absolute atomic E-state index is 0. The van der Waals surface area contributed by atoms with Gasteiger partial charge in [0.1, 0.15) is 6.04 Å². The summed E-state index contributed by atoms with van der Waals surface area (Å²) in [5, 5.41) is 2.45. The lowest BCUT2D eigenvalue weighted by Gasteiger charge is -2.16. The van der Waals surface area contributed by atoms with Crippen LogP contribution in [0.25, 0.3) is 0 Å². The number of hydrogen-bond donors (Lipinski definition) is 3. The number of nitrogens with one attached hydrogen (secondary N) is 1. The number of carbonyl (C=O) groups is 2. The molecule has 2 atom stereocenters. The Bertz CT molecular complexity index is 221. The van der Waals surface area contributed by atoms with Gasteiger partial charge in [-0.3, -0.25) is 9.59 Å². The maximum Gasteiger partial charge on any atom is 0.239 e. The second-order valence-corrected chi connectivity index (χ2v) is 3.87. The van der Waals surface area contributed by atoms with Crippen molar-refractivity contribution in [1.29, 1.82) is 0 Å². The summed E-state index contributed by atoms with van der Waals surface area (Å²) in [5.74, 6) is -0.542. The molecule has 5 N–H and O–H groups in total. The zero-order chi connectivity index (χ0) is 11.3. The molecule has 0 heterocycles. The fraction of sp³-hybridized carbons (Fsp3) is 0.778. The van der Waals surface area contributed by atoms with E-state index in [4.69, 9.17) is 11.5 Å². The van der Waals surface area contributed by atoms with Crippen LogP contribution in [0.15, 0.2) is 0 Å². The van der Waals surface area contributed by atoms with Gasteiger partial charge in [0.05, 0.1) is 6.04 Å². The molecule has 0 saturated heterocycles. The third kappa shape index (κ3) is 7.16. The van der Waals surface area contributed by atoms with Crippen LogP contribution in [-0.4, -0.2) is 23.9 Å². The van der Waals surface area contributed by atoms with Crippen LogP contribution in [0.5, 0.6) is 0 Å². The second kappa shape index (κ2) is 7.48. The highest BCUT2D eigenvalue weighted by Gasteiger charge is 2.18. The zero-order valence-electron chi connectivity index (χ0n) is 9.32. The predicted octanol–water partition coefficient (Wildman–Crippen LogP) is -0.228. The molecule has 0 radical (unpaired) electrons. The van der Waals surface area contributed by atoms with Crippen LogP contribution in [0.1, 0.15) is 27.2 Å². The molecule has 0 bridgehead atoms. The molecule has 0 saturated carbocycles. The molecule has 0 aromatic heterocycles. The summed E-state index contributed by atoms with van der Waals surface area (Å²) in [7, 11) is 0. The van der Waals surface area contributed by atoms with Gasteiger partial charge in [-0.1, -0.05) is 13.8 Å². The quantitative estimate of drug-likeness (QED) is 0.616. The van der Waals surface area contributed by atoms with Gasteiger partial charge in [-0.05, 0) is 19.3 Å². The third-order valence-corrected chi connectivity index (χ3v) is 1.85. The van der Waals surface area contributed by atoms with Crippen LogP contribution in [0.2, 0.25) is 0 Å². The molecule has 2 amide bonds. The first-order valence-electron chi connectivity index (χ1n) is 4.69. The van der Waals surface area contributed by atoms with Gasteiger partial charge in [0.2, 0.25) is 11.8 Å². The van der Waals surface area contributed by atoms with Crippen LogP contribution in [-0.2, 0) is 9.59 Å². The Balaban J connectivity index is 0. The lowest BCUT2D eigenvalue weighted by Crippen LogP contribution is -2.49. The minimum atomic E-state index is -0.666. The van der Waals surface area contributed by atoms with Gasteiger partial charge in [-0.2, -0.15) is 0 Å². The first-order valence-corrected chi connectivity index (χ1v) is 4.69. The van der Waals surface area contributed by atoms with Crippen molar-refractivity contribution in [3.63, 3.8) is 0 Å². The zero-order valence-corrected chi connectivity index (χ0v) is 10.1. The van der Waals surface area contributed by atoms with E-state index in [1.54, 1.807) is 0 Å². The maximum absolute atomic E-state index is 11.3. The highest BCUT2D eigenvalue weighted by molar-refractivity contribution is 5.88. The van der Waals surface area contributed by atoms with E-state index in [0.717, 1.165) is 0 Å². The van der Waals surface area contributed by atoms with Crippen molar-refractivity contribution in [3.8, 4) is 0 Å². The lowest BCUT2D eigenvalue weighted by atomic mass is 10.0. The largest absolute Gasteiger partial charge is 0.368 e. The van der Waals surface area contributed by atoms with Crippen molar-refractivity contribution >= 4 is 24.2 Å². The van der Waals surface area contributed by atoms with Crippen molar-refractivity contribution in [2.75, 3.05) is 0 Å². The van der Waals surface area contributed by atoms with E-state index in [9.17, 15) is 9.59 Å². The van der Waals surface area contributed by atoms with E-state index >= 15 is 0 Å². The molecule has 5 nitrogen and oxygen atoms in total. The van der Waals surface area contributed by atoms with Crippen molar-refractivity contribution in [2.45, 2.75) is 39.3 Å². The Kier molecular flexibility index (Phi) is 8.28. The average Bonchev–Trinajstić information content (AvgIpc) is 2.02. The van der Waals surface area contributed by atoms with Crippen molar-refractivity contribution < 1.29 is 9.59 Å². The normalized spacial score (nSPS) is 13.9. The molecular weight excluding hydrogens is 218 g/mol. The Hall–Kier alpha value is -0.810. The Morgan fingerprint density at radius 1 is 1.27 bits per heavy atom. The number of carbonyl (C=O) groups excluding carboxylic acids is 2. The SMILES string of the molecule is CC(C)CC(N)C(=O)NC(C)C(N)=O.Cl. The summed E-state index contributed by atoms with van der Waals surface area (Å²) in [6.45, 7) is 5.48. The number of halogens is 1. The molecule has 0 aliphatic rings. The van der Waals surface area contributed by atoms with E-state index in [-0.39, 0.29) is 18.3 Å². The number of primary amides is 1. The number of rotatable bonds is 5. The molecule has 0 aliphatic heterocycles. The third-order valence-electron chi connectivity index (χ3n) is 1.85. The fourth-order valence-electron chi connectivity index (χ4n) is 1.01. The van der Waals surface area contributed by atoms with E-state index in [1.807, 2.05) is 13.8 Å². The molecule has 0 rings (SSSR count). The highest BCUT2D eigenvalue weighted by atomic mass is 35.5. The number of amides is 2. The van der Waals surface area contributed by atoms with Gasteiger partial charge in [0.15, 0.2) is 0 Å². The van der Waals surface area contributed by atoms with E-state index in [0.29, 0.717) is 12.3 Å². The molecule has 0 aromatic carbocycles. The van der Waals surface area contributed by atoms with Gasteiger partial charge < -0.3 is 16.8 Å². The molecule has 0 fully saturated rings. The number of nitrogens with two attached hydrogens (primary N) is 2. The predicted molar refractivity (Wildman–Crippen MR) is 61.5 cm³/mol. The van der Waals surface area contributed by atoms with Crippen LogP contribution in [0.4, 0.5) is 0 Å².